The monoisotopic (exact) mass is 534 g/mol. The van der Waals surface area contributed by atoms with Gasteiger partial charge in [0.25, 0.3) is 5.91 Å². The van der Waals surface area contributed by atoms with Gasteiger partial charge in [-0.25, -0.2) is 9.97 Å². The summed E-state index contributed by atoms with van der Waals surface area (Å²) in [6.45, 7) is 0.316. The van der Waals surface area contributed by atoms with E-state index in [-0.39, 0.29) is 24.3 Å². The van der Waals surface area contributed by atoms with Gasteiger partial charge < -0.3 is 14.7 Å². The summed E-state index contributed by atoms with van der Waals surface area (Å²) in [5.74, 6) is -1.07. The van der Waals surface area contributed by atoms with E-state index < -0.39 is 18.4 Å². The van der Waals surface area contributed by atoms with Crippen molar-refractivity contribution in [3.05, 3.63) is 48.0 Å². The van der Waals surface area contributed by atoms with E-state index in [0.717, 1.165) is 42.4 Å². The molecule has 0 radical (unpaired) electrons. The number of thiazole rings is 1. The molecule has 9 nitrogen and oxygen atoms in total. The predicted molar refractivity (Wildman–Crippen MR) is 144 cm³/mol. The number of hydrogen-bond acceptors (Lipinski definition) is 7. The number of methoxy groups -OCH3 is 1. The van der Waals surface area contributed by atoms with E-state index in [0.29, 0.717) is 29.7 Å². The van der Waals surface area contributed by atoms with Crippen LogP contribution in [0.4, 0.5) is 5.13 Å². The van der Waals surface area contributed by atoms with Crippen LogP contribution in [0.1, 0.15) is 44.9 Å². The lowest BCUT2D eigenvalue weighted by Gasteiger charge is -2.39. The molecule has 10 heteroatoms. The zero-order valence-corrected chi connectivity index (χ0v) is 22.0. The van der Waals surface area contributed by atoms with Gasteiger partial charge in [-0.05, 0) is 30.9 Å². The molecule has 38 heavy (non-hydrogen) atoms. The Morgan fingerprint density at radius 2 is 1.87 bits per heavy atom. The van der Waals surface area contributed by atoms with E-state index in [1.54, 1.807) is 29.2 Å². The van der Waals surface area contributed by atoms with Crippen LogP contribution in [-0.2, 0) is 14.4 Å². The Labute approximate surface area is 225 Å². The van der Waals surface area contributed by atoms with Crippen molar-refractivity contribution in [2.75, 3.05) is 18.6 Å². The number of nitrogens with zero attached hydrogens (tertiary/aromatic N) is 4. The van der Waals surface area contributed by atoms with Crippen molar-refractivity contribution in [1.82, 2.24) is 14.9 Å². The van der Waals surface area contributed by atoms with Gasteiger partial charge in [-0.2, -0.15) is 0 Å². The quantitative estimate of drug-likeness (QED) is 0.471. The van der Waals surface area contributed by atoms with E-state index in [9.17, 15) is 19.5 Å². The minimum atomic E-state index is -1.10. The second-order valence-electron chi connectivity index (χ2n) is 9.60. The van der Waals surface area contributed by atoms with E-state index in [1.165, 1.54) is 11.3 Å². The van der Waals surface area contributed by atoms with E-state index in [4.69, 9.17) is 9.72 Å². The first-order valence-electron chi connectivity index (χ1n) is 12.9. The molecule has 1 saturated carbocycles. The van der Waals surface area contributed by atoms with Gasteiger partial charge in [0.2, 0.25) is 11.8 Å². The highest BCUT2D eigenvalue weighted by Gasteiger charge is 2.41. The third-order valence-corrected chi connectivity index (χ3v) is 8.08. The topological polar surface area (TPSA) is 113 Å². The first-order valence-corrected chi connectivity index (χ1v) is 13.7. The number of anilines is 1. The van der Waals surface area contributed by atoms with Gasteiger partial charge in [0.05, 0.1) is 19.2 Å². The number of benzene rings is 1. The summed E-state index contributed by atoms with van der Waals surface area (Å²) < 4.78 is 5.18. The number of hydrogen-bond donors (Lipinski definition) is 1. The summed E-state index contributed by atoms with van der Waals surface area (Å²) in [5.41, 5.74) is 3.46. The molecule has 1 saturated heterocycles. The number of carboxylic acids is 1. The van der Waals surface area contributed by atoms with Crippen molar-refractivity contribution >= 4 is 34.3 Å². The fourth-order valence-electron chi connectivity index (χ4n) is 5.41. The number of aromatic nitrogens is 2. The van der Waals surface area contributed by atoms with Crippen LogP contribution in [0.15, 0.2) is 48.0 Å². The molecular formula is C28H30N4O5S. The lowest BCUT2D eigenvalue weighted by molar-refractivity contribution is -0.148. The minimum Gasteiger partial charge on any atom is -0.481 e. The maximum Gasteiger partial charge on any atom is 0.305 e. The summed E-state index contributed by atoms with van der Waals surface area (Å²) in [7, 11) is 1.57. The van der Waals surface area contributed by atoms with E-state index >= 15 is 0 Å². The Bertz CT molecular complexity index is 1320. The average molecular weight is 535 g/mol. The maximum absolute atomic E-state index is 13.9. The number of aliphatic carboxylic acids is 1. The molecule has 1 aliphatic heterocycles. The van der Waals surface area contributed by atoms with Crippen molar-refractivity contribution in [3.8, 4) is 28.3 Å². The van der Waals surface area contributed by atoms with Gasteiger partial charge >= 0.3 is 5.97 Å². The first kappa shape index (κ1) is 25.8. The molecule has 1 aliphatic carbocycles. The highest BCUT2D eigenvalue weighted by molar-refractivity contribution is 7.14. The Kier molecular flexibility index (Phi) is 7.69. The summed E-state index contributed by atoms with van der Waals surface area (Å²) in [5, 5.41) is 12.0. The Morgan fingerprint density at radius 1 is 1.11 bits per heavy atom. The second kappa shape index (κ2) is 11.3. The molecule has 198 valence electrons. The fourth-order valence-corrected chi connectivity index (χ4v) is 6.27. The van der Waals surface area contributed by atoms with Gasteiger partial charge in [0, 0.05) is 47.8 Å². The van der Waals surface area contributed by atoms with Crippen molar-refractivity contribution < 1.29 is 24.2 Å². The van der Waals surface area contributed by atoms with Crippen molar-refractivity contribution in [2.45, 2.75) is 57.0 Å². The van der Waals surface area contributed by atoms with Gasteiger partial charge in [-0.15, -0.1) is 11.3 Å². The van der Waals surface area contributed by atoms with Gasteiger partial charge in [0.1, 0.15) is 6.04 Å². The Hall–Kier alpha value is -3.79. The van der Waals surface area contributed by atoms with Crippen molar-refractivity contribution in [1.29, 1.82) is 0 Å². The van der Waals surface area contributed by atoms with Gasteiger partial charge in [0.15, 0.2) is 5.13 Å². The minimum absolute atomic E-state index is 0.0902. The number of pyridine rings is 1. The van der Waals surface area contributed by atoms with Crippen LogP contribution in [0.25, 0.3) is 22.4 Å². The van der Waals surface area contributed by atoms with Crippen LogP contribution >= 0.6 is 11.3 Å². The molecule has 1 aromatic carbocycles. The van der Waals surface area contributed by atoms with Crippen LogP contribution in [0.2, 0.25) is 0 Å². The third kappa shape index (κ3) is 5.26. The molecule has 0 spiro atoms. The van der Waals surface area contributed by atoms with Crippen LogP contribution in [-0.4, -0.2) is 63.5 Å². The average Bonchev–Trinajstić information content (AvgIpc) is 3.63. The number of carbonyl (C=O) groups is 3. The Morgan fingerprint density at radius 3 is 2.55 bits per heavy atom. The summed E-state index contributed by atoms with van der Waals surface area (Å²) >= 11 is 1.34. The van der Waals surface area contributed by atoms with Crippen molar-refractivity contribution in [3.63, 3.8) is 0 Å². The molecule has 5 rings (SSSR count). The summed E-state index contributed by atoms with van der Waals surface area (Å²) in [6.07, 6.45) is 5.66. The molecule has 3 aromatic rings. The molecule has 2 amide bonds. The first-order chi connectivity index (χ1) is 18.5. The molecule has 0 bridgehead atoms. The smallest absolute Gasteiger partial charge is 0.305 e. The number of carbonyl (C=O) groups excluding carboxylic acids is 2. The SMILES string of the molecule is COc1ccc(-c2ccccc2-c2csc(N3CCCC(=O)N(C4CCCC4)[C@H](CC(=O)O)C3=O)n2)cn1. The fraction of sp³-hybridized carbons (Fsp3) is 0.393. The van der Waals surface area contributed by atoms with Crippen LogP contribution in [0.3, 0.4) is 0 Å². The Balaban J connectivity index is 1.47. The van der Waals surface area contributed by atoms with Crippen LogP contribution in [0.5, 0.6) is 5.88 Å². The maximum atomic E-state index is 13.9. The van der Waals surface area contributed by atoms with E-state index in [2.05, 4.69) is 4.98 Å². The highest BCUT2D eigenvalue weighted by Crippen LogP contribution is 2.36. The third-order valence-electron chi connectivity index (χ3n) is 7.22. The van der Waals surface area contributed by atoms with Crippen molar-refractivity contribution in [2.24, 2.45) is 0 Å². The largest absolute Gasteiger partial charge is 0.481 e. The lowest BCUT2D eigenvalue weighted by Crippen LogP contribution is -2.57. The molecule has 0 unspecified atom stereocenters. The molecule has 2 fully saturated rings. The normalized spacial score (nSPS) is 18.9. The number of amides is 2. The molecule has 2 aromatic heterocycles. The van der Waals surface area contributed by atoms with Crippen LogP contribution in [0, 0.1) is 0 Å². The molecule has 2 aliphatic rings. The lowest BCUT2D eigenvalue weighted by atomic mass is 9.99. The molecule has 3 heterocycles. The zero-order chi connectivity index (χ0) is 26.6. The van der Waals surface area contributed by atoms with E-state index in [1.807, 2.05) is 35.7 Å². The number of carboxylic acid groups (broad SMARTS) is 1. The van der Waals surface area contributed by atoms with Gasteiger partial charge in [-0.3, -0.25) is 19.3 Å². The van der Waals surface area contributed by atoms with Gasteiger partial charge in [-0.1, -0.05) is 37.1 Å². The highest BCUT2D eigenvalue weighted by atomic mass is 32.1. The molecular weight excluding hydrogens is 504 g/mol. The summed E-state index contributed by atoms with van der Waals surface area (Å²) in [4.78, 5) is 51.0. The predicted octanol–water partition coefficient (Wildman–Crippen LogP) is 4.62. The standard InChI is InChI=1S/C28H30N4O5S/c1-37-24-13-12-18(16-29-24)20-9-4-5-10-21(20)22-17-38-28(30-22)31-14-6-11-25(33)32(19-7-2-3-8-19)23(27(31)36)15-26(34)35/h4-5,9-10,12-13,16-17,19,23H,2-3,6-8,11,14-15H2,1H3,(H,34,35)/t23-/m1/s1. The second-order valence-corrected chi connectivity index (χ2v) is 10.4. The zero-order valence-electron chi connectivity index (χ0n) is 21.2. The molecule has 1 N–H and O–H groups in total. The molecule has 1 atom stereocenters. The number of rotatable bonds is 7. The van der Waals surface area contributed by atoms with Crippen LogP contribution < -0.4 is 9.64 Å². The number of ether oxygens (including phenoxy) is 1. The summed E-state index contributed by atoms with van der Waals surface area (Å²) in [6, 6.07) is 10.5.